The molecular weight excluding hydrogens is 365 g/mol. The van der Waals surface area contributed by atoms with Gasteiger partial charge in [-0.1, -0.05) is 0 Å². The lowest BCUT2D eigenvalue weighted by Crippen LogP contribution is -2.10. The lowest BCUT2D eigenvalue weighted by atomic mass is 10.1. The van der Waals surface area contributed by atoms with Crippen molar-refractivity contribution in [3.05, 3.63) is 64.5 Å². The maximum atomic E-state index is 13.0. The van der Waals surface area contributed by atoms with Gasteiger partial charge in [0.25, 0.3) is 0 Å². The zero-order valence-electron chi connectivity index (χ0n) is 14.7. The first-order valence-corrected chi connectivity index (χ1v) is 9.55. The fourth-order valence-corrected chi connectivity index (χ4v) is 3.56. The molecule has 2 aromatic heterocycles. The second kappa shape index (κ2) is 7.44. The maximum absolute atomic E-state index is 13.0. The number of carbonyl (C=O) groups is 1. The van der Waals surface area contributed by atoms with E-state index in [1.165, 1.54) is 30.6 Å². The number of nitrogens with zero attached hydrogens (tertiary/aromatic N) is 2. The van der Waals surface area contributed by atoms with E-state index >= 15 is 0 Å². The fourth-order valence-electron chi connectivity index (χ4n) is 2.84. The van der Waals surface area contributed by atoms with Crippen LogP contribution in [0, 0.1) is 5.82 Å². The minimum atomic E-state index is -0.340. The Kier molecular flexibility index (Phi) is 4.85. The summed E-state index contributed by atoms with van der Waals surface area (Å²) in [4.78, 5) is 21.1. The largest absolute Gasteiger partial charge is 0.465 e. The van der Waals surface area contributed by atoms with Gasteiger partial charge in [-0.25, -0.2) is 14.2 Å². The third-order valence-corrected chi connectivity index (χ3v) is 5.22. The number of hydrogen-bond acceptors (Lipinski definition) is 6. The second-order valence-electron chi connectivity index (χ2n) is 6.40. The minimum absolute atomic E-state index is 0.264. The molecule has 1 saturated carbocycles. The van der Waals surface area contributed by atoms with Gasteiger partial charge in [0.05, 0.1) is 36.3 Å². The zero-order chi connectivity index (χ0) is 18.8. The summed E-state index contributed by atoms with van der Waals surface area (Å²) < 4.78 is 17.9. The molecule has 1 aromatic carbocycles. The van der Waals surface area contributed by atoms with E-state index in [1.54, 1.807) is 18.2 Å². The number of anilines is 1. The van der Waals surface area contributed by atoms with E-state index in [-0.39, 0.29) is 11.8 Å². The van der Waals surface area contributed by atoms with Gasteiger partial charge in [-0.15, -0.1) is 11.3 Å². The van der Waals surface area contributed by atoms with Crippen molar-refractivity contribution in [1.29, 1.82) is 0 Å². The van der Waals surface area contributed by atoms with Crippen LogP contribution in [0.15, 0.2) is 41.8 Å². The molecule has 4 rings (SSSR count). The summed E-state index contributed by atoms with van der Waals surface area (Å²) in [6.45, 7) is 0.511. The highest BCUT2D eigenvalue weighted by atomic mass is 32.1. The first-order chi connectivity index (χ1) is 13.1. The Morgan fingerprint density at radius 1 is 1.22 bits per heavy atom. The number of hydrogen-bond donors (Lipinski definition) is 1. The van der Waals surface area contributed by atoms with Crippen LogP contribution in [0.3, 0.4) is 0 Å². The number of ether oxygens (including phenoxy) is 1. The van der Waals surface area contributed by atoms with Gasteiger partial charge < -0.3 is 10.1 Å². The molecule has 1 aliphatic rings. The van der Waals surface area contributed by atoms with E-state index in [1.807, 2.05) is 11.4 Å². The summed E-state index contributed by atoms with van der Waals surface area (Å²) in [5.74, 6) is -0.253. The molecular formula is C20H18FN3O2S. The lowest BCUT2D eigenvalue weighted by molar-refractivity contribution is 0.0598. The van der Waals surface area contributed by atoms with Crippen molar-refractivity contribution >= 4 is 22.4 Å². The number of nitrogens with one attached hydrogen (secondary N) is 1. The summed E-state index contributed by atoms with van der Waals surface area (Å²) in [7, 11) is 1.38. The van der Waals surface area contributed by atoms with Crippen molar-refractivity contribution < 1.29 is 13.9 Å². The molecule has 0 atom stereocenters. The Bertz CT molecular complexity index is 968. The van der Waals surface area contributed by atoms with Crippen LogP contribution in [-0.4, -0.2) is 23.0 Å². The highest BCUT2D eigenvalue weighted by Crippen LogP contribution is 2.40. The van der Waals surface area contributed by atoms with Gasteiger partial charge in [0.1, 0.15) is 5.82 Å². The highest BCUT2D eigenvalue weighted by Gasteiger charge is 2.30. The summed E-state index contributed by atoms with van der Waals surface area (Å²) in [6.07, 6.45) is 2.11. The molecule has 3 aromatic rings. The van der Waals surface area contributed by atoms with Crippen LogP contribution < -0.4 is 5.32 Å². The van der Waals surface area contributed by atoms with Gasteiger partial charge in [-0.05, 0) is 49.2 Å². The number of halogens is 1. The Morgan fingerprint density at radius 3 is 2.70 bits per heavy atom. The minimum Gasteiger partial charge on any atom is -0.465 e. The third kappa shape index (κ3) is 3.98. The summed E-state index contributed by atoms with van der Waals surface area (Å²) >= 11 is 1.48. The number of rotatable bonds is 6. The molecule has 7 heteroatoms. The molecule has 0 aliphatic heterocycles. The van der Waals surface area contributed by atoms with Gasteiger partial charge in [0, 0.05) is 16.9 Å². The average molecular weight is 383 g/mol. The third-order valence-electron chi connectivity index (χ3n) is 4.42. The zero-order valence-corrected chi connectivity index (χ0v) is 15.6. The Labute approximate surface area is 160 Å². The smallest absolute Gasteiger partial charge is 0.339 e. The fraction of sp³-hybridized carbons (Fsp3) is 0.250. The average Bonchev–Trinajstić information content (AvgIpc) is 3.44. The summed E-state index contributed by atoms with van der Waals surface area (Å²) in [6, 6.07) is 9.89. The van der Waals surface area contributed by atoms with Gasteiger partial charge in [-0.2, -0.15) is 0 Å². The normalized spacial score (nSPS) is 13.4. The number of aromatic nitrogens is 2. The Hall–Kier alpha value is -2.80. The van der Waals surface area contributed by atoms with Gasteiger partial charge in [0.15, 0.2) is 5.13 Å². The SMILES string of the molecule is COC(=O)c1ccc(CNc2nc(-c3ccc(F)cc3)cs2)nc1C1CC1. The van der Waals surface area contributed by atoms with Crippen LogP contribution in [0.4, 0.5) is 9.52 Å². The second-order valence-corrected chi connectivity index (χ2v) is 7.26. The van der Waals surface area contributed by atoms with Crippen LogP contribution >= 0.6 is 11.3 Å². The first-order valence-electron chi connectivity index (χ1n) is 8.67. The van der Waals surface area contributed by atoms with E-state index in [0.717, 1.165) is 40.6 Å². The van der Waals surface area contributed by atoms with Crippen molar-refractivity contribution in [3.63, 3.8) is 0 Å². The standard InChI is InChI=1S/C20H18FN3O2S/c1-26-19(25)16-9-8-15(23-18(16)13-2-3-13)10-22-20-24-17(11-27-20)12-4-6-14(21)7-5-12/h4-9,11,13H,2-3,10H2,1H3,(H,22,24). The highest BCUT2D eigenvalue weighted by molar-refractivity contribution is 7.14. The van der Waals surface area contributed by atoms with Crippen molar-refractivity contribution in [2.75, 3.05) is 12.4 Å². The van der Waals surface area contributed by atoms with E-state index in [4.69, 9.17) is 4.74 Å². The van der Waals surface area contributed by atoms with Crippen LogP contribution in [0.2, 0.25) is 0 Å². The molecule has 5 nitrogen and oxygen atoms in total. The van der Waals surface area contributed by atoms with Crippen molar-refractivity contribution in [3.8, 4) is 11.3 Å². The van der Waals surface area contributed by atoms with Gasteiger partial charge >= 0.3 is 5.97 Å². The molecule has 0 unspecified atom stereocenters. The molecule has 0 bridgehead atoms. The molecule has 1 aliphatic carbocycles. The molecule has 2 heterocycles. The predicted molar refractivity (Wildman–Crippen MR) is 102 cm³/mol. The van der Waals surface area contributed by atoms with Crippen LogP contribution in [0.25, 0.3) is 11.3 Å². The number of benzene rings is 1. The van der Waals surface area contributed by atoms with E-state index < -0.39 is 0 Å². The van der Waals surface area contributed by atoms with E-state index in [2.05, 4.69) is 15.3 Å². The van der Waals surface area contributed by atoms with Gasteiger partial charge in [-0.3, -0.25) is 4.98 Å². The molecule has 0 radical (unpaired) electrons. The summed E-state index contributed by atoms with van der Waals surface area (Å²) in [5.41, 5.74) is 3.90. The van der Waals surface area contributed by atoms with E-state index in [9.17, 15) is 9.18 Å². The number of thiazole rings is 1. The van der Waals surface area contributed by atoms with E-state index in [0.29, 0.717) is 18.0 Å². The molecule has 1 N–H and O–H groups in total. The van der Waals surface area contributed by atoms with Crippen LogP contribution in [0.5, 0.6) is 0 Å². The first kappa shape index (κ1) is 17.6. The van der Waals surface area contributed by atoms with Crippen molar-refractivity contribution in [2.45, 2.75) is 25.3 Å². The van der Waals surface area contributed by atoms with Gasteiger partial charge in [0.2, 0.25) is 0 Å². The molecule has 0 saturated heterocycles. The van der Waals surface area contributed by atoms with Crippen molar-refractivity contribution in [1.82, 2.24) is 9.97 Å². The molecule has 138 valence electrons. The quantitative estimate of drug-likeness (QED) is 0.629. The molecule has 1 fully saturated rings. The summed E-state index contributed by atoms with van der Waals surface area (Å²) in [5, 5.41) is 5.96. The van der Waals surface area contributed by atoms with Crippen molar-refractivity contribution in [2.24, 2.45) is 0 Å². The Morgan fingerprint density at radius 2 is 2.00 bits per heavy atom. The Balaban J connectivity index is 1.47. The maximum Gasteiger partial charge on any atom is 0.339 e. The number of pyridine rings is 1. The molecule has 0 spiro atoms. The lowest BCUT2D eigenvalue weighted by Gasteiger charge is -2.09. The molecule has 0 amide bonds. The monoisotopic (exact) mass is 383 g/mol. The predicted octanol–water partition coefficient (Wildman–Crippen LogP) is 4.62. The number of carbonyl (C=O) groups excluding carboxylic acids is 1. The van der Waals surface area contributed by atoms with Crippen LogP contribution in [0.1, 0.15) is 40.5 Å². The number of esters is 1. The topological polar surface area (TPSA) is 64.1 Å². The molecule has 27 heavy (non-hydrogen) atoms. The number of methoxy groups -OCH3 is 1. The van der Waals surface area contributed by atoms with Crippen LogP contribution in [-0.2, 0) is 11.3 Å².